The Morgan fingerprint density at radius 1 is 0.529 bits per heavy atom. The second kappa shape index (κ2) is 12.7. The number of thiazole rings is 1. The molecule has 0 aliphatic rings. The predicted molar refractivity (Wildman–Crippen MR) is 222 cm³/mol. The van der Waals surface area contributed by atoms with Crippen LogP contribution in [-0.2, 0) is 10.8 Å². The molecule has 2 nitrogen and oxygen atoms in total. The minimum Gasteiger partial charge on any atom is -0.256 e. The van der Waals surface area contributed by atoms with Crippen molar-refractivity contribution in [1.82, 2.24) is 4.98 Å². The fourth-order valence-electron chi connectivity index (χ4n) is 6.90. The molecule has 1 heterocycles. The Labute approximate surface area is 305 Å². The summed E-state index contributed by atoms with van der Waals surface area (Å²) in [6, 6.07) is 50.4. The normalized spacial score (nSPS) is 12.4. The quantitative estimate of drug-likeness (QED) is 0.131. The van der Waals surface area contributed by atoms with Gasteiger partial charge in [-0.3, -0.25) is 4.99 Å². The van der Waals surface area contributed by atoms with E-state index in [0.29, 0.717) is 0 Å². The van der Waals surface area contributed by atoms with Crippen molar-refractivity contribution in [3.05, 3.63) is 156 Å². The molecule has 0 atom stereocenters. The third kappa shape index (κ3) is 6.39. The van der Waals surface area contributed by atoms with E-state index in [1.54, 1.807) is 11.3 Å². The van der Waals surface area contributed by atoms with Crippen LogP contribution in [-0.4, -0.2) is 11.2 Å². The van der Waals surface area contributed by atoms with Crippen molar-refractivity contribution < 1.29 is 0 Å². The molecule has 3 heteroatoms. The van der Waals surface area contributed by atoms with E-state index in [9.17, 15) is 0 Å². The third-order valence-electron chi connectivity index (χ3n) is 9.90. The molecule has 8 rings (SSSR count). The smallest absolute Gasteiger partial charge is 0.126 e. The van der Waals surface area contributed by atoms with Gasteiger partial charge in [-0.15, -0.1) is 11.3 Å². The van der Waals surface area contributed by atoms with Crippen molar-refractivity contribution in [2.75, 3.05) is 0 Å². The van der Waals surface area contributed by atoms with Gasteiger partial charge in [-0.25, -0.2) is 4.98 Å². The van der Waals surface area contributed by atoms with Crippen molar-refractivity contribution in [2.45, 2.75) is 52.4 Å². The Morgan fingerprint density at radius 3 is 1.96 bits per heavy atom. The Morgan fingerprint density at radius 2 is 1.20 bits per heavy atom. The maximum atomic E-state index is 5.35. The van der Waals surface area contributed by atoms with E-state index in [-0.39, 0.29) is 10.8 Å². The van der Waals surface area contributed by atoms with Gasteiger partial charge < -0.3 is 0 Å². The van der Waals surface area contributed by atoms with Crippen molar-refractivity contribution in [3.63, 3.8) is 0 Å². The molecule has 0 saturated heterocycles. The molecule has 0 saturated carbocycles. The highest BCUT2D eigenvalue weighted by molar-refractivity contribution is 7.21. The summed E-state index contributed by atoms with van der Waals surface area (Å²) in [5, 5.41) is 5.89. The van der Waals surface area contributed by atoms with Crippen molar-refractivity contribution in [1.29, 1.82) is 0 Å². The van der Waals surface area contributed by atoms with E-state index in [1.807, 2.05) is 6.21 Å². The average molecular weight is 679 g/mol. The number of aliphatic imine (C=N–C) groups is 1. The van der Waals surface area contributed by atoms with Gasteiger partial charge in [0, 0.05) is 22.9 Å². The largest absolute Gasteiger partial charge is 0.256 e. The van der Waals surface area contributed by atoms with Crippen LogP contribution >= 0.6 is 11.3 Å². The standard InChI is InChI=1S/C48H42N2S/c1-47(2,3)36-16-13-15-33(27-36)31-22-24-32(25-23-31)42-28-37(48(4,5)6)29-44-45(42)50-46(51-44)41-20-11-12-21-43(41)49-30-35-26-34-14-7-8-17-38(34)40-19-10-9-18-39(35)40/h7-30H,1-6H3. The predicted octanol–water partition coefficient (Wildman–Crippen LogP) is 13.9. The number of rotatable bonds is 5. The lowest BCUT2D eigenvalue weighted by Gasteiger charge is -2.21. The Bertz CT molecular complexity index is 2590. The van der Waals surface area contributed by atoms with E-state index in [0.717, 1.165) is 27.3 Å². The lowest BCUT2D eigenvalue weighted by molar-refractivity contribution is 0.590. The number of fused-ring (bicyclic) bond motifs is 4. The van der Waals surface area contributed by atoms with Crippen molar-refractivity contribution in [2.24, 2.45) is 4.99 Å². The zero-order valence-corrected chi connectivity index (χ0v) is 31.0. The zero-order chi connectivity index (χ0) is 35.3. The maximum Gasteiger partial charge on any atom is 0.126 e. The second-order valence-electron chi connectivity index (χ2n) is 15.6. The number of aromatic nitrogens is 1. The molecule has 51 heavy (non-hydrogen) atoms. The van der Waals surface area contributed by atoms with Crippen molar-refractivity contribution in [3.8, 4) is 32.8 Å². The van der Waals surface area contributed by atoms with Crippen LogP contribution in [0.2, 0.25) is 0 Å². The van der Waals surface area contributed by atoms with Gasteiger partial charge in [0.2, 0.25) is 0 Å². The summed E-state index contributed by atoms with van der Waals surface area (Å²) in [5.41, 5.74) is 11.6. The van der Waals surface area contributed by atoms with E-state index < -0.39 is 0 Å². The number of benzene rings is 7. The van der Waals surface area contributed by atoms with E-state index >= 15 is 0 Å². The van der Waals surface area contributed by atoms with Gasteiger partial charge >= 0.3 is 0 Å². The van der Waals surface area contributed by atoms with Crippen LogP contribution in [0.4, 0.5) is 5.69 Å². The summed E-state index contributed by atoms with van der Waals surface area (Å²) in [6.45, 7) is 13.6. The average Bonchev–Trinajstić information content (AvgIpc) is 3.57. The molecule has 0 aliphatic heterocycles. The van der Waals surface area contributed by atoms with Gasteiger partial charge in [0.25, 0.3) is 0 Å². The first-order valence-electron chi connectivity index (χ1n) is 17.7. The molecule has 0 amide bonds. The molecule has 250 valence electrons. The molecular weight excluding hydrogens is 637 g/mol. The van der Waals surface area contributed by atoms with Crippen LogP contribution in [0.3, 0.4) is 0 Å². The molecule has 0 bridgehead atoms. The molecular formula is C48H42N2S. The van der Waals surface area contributed by atoms with Gasteiger partial charge in [-0.2, -0.15) is 0 Å². The summed E-state index contributed by atoms with van der Waals surface area (Å²) >= 11 is 1.75. The molecule has 0 unspecified atom stereocenters. The topological polar surface area (TPSA) is 25.2 Å². The Balaban J connectivity index is 1.21. The number of hydrogen-bond donors (Lipinski definition) is 0. The van der Waals surface area contributed by atoms with E-state index in [4.69, 9.17) is 9.98 Å². The molecule has 0 radical (unpaired) electrons. The summed E-state index contributed by atoms with van der Waals surface area (Å²) in [4.78, 5) is 10.5. The van der Waals surface area contributed by atoms with Gasteiger partial charge in [-0.05, 0) is 90.5 Å². The highest BCUT2D eigenvalue weighted by Gasteiger charge is 2.21. The van der Waals surface area contributed by atoms with Crippen LogP contribution in [0, 0.1) is 0 Å². The van der Waals surface area contributed by atoms with Crippen LogP contribution in [0.25, 0.3) is 64.6 Å². The van der Waals surface area contributed by atoms with Crippen LogP contribution in [0.1, 0.15) is 58.2 Å². The minimum atomic E-state index is -0.00867. The first-order valence-corrected chi connectivity index (χ1v) is 18.5. The van der Waals surface area contributed by atoms with Gasteiger partial charge in [0.1, 0.15) is 5.01 Å². The molecule has 0 spiro atoms. The molecule has 7 aromatic carbocycles. The zero-order valence-electron chi connectivity index (χ0n) is 30.2. The minimum absolute atomic E-state index is 0.00867. The summed E-state index contributed by atoms with van der Waals surface area (Å²) in [6.07, 6.45) is 2.02. The fraction of sp³-hybridized carbons (Fsp3) is 0.167. The van der Waals surface area contributed by atoms with Crippen LogP contribution in [0.5, 0.6) is 0 Å². The number of nitrogens with zero attached hydrogens (tertiary/aromatic N) is 2. The number of hydrogen-bond acceptors (Lipinski definition) is 3. The molecule has 0 N–H and O–H groups in total. The lowest BCUT2D eigenvalue weighted by atomic mass is 9.84. The summed E-state index contributed by atoms with van der Waals surface area (Å²) < 4.78 is 1.19. The van der Waals surface area contributed by atoms with Crippen molar-refractivity contribution >= 4 is 55.0 Å². The highest BCUT2D eigenvalue weighted by Crippen LogP contribution is 2.42. The second-order valence-corrected chi connectivity index (χ2v) is 16.6. The first kappa shape index (κ1) is 32.8. The SMILES string of the molecule is CC(C)(C)c1cccc(-c2ccc(-c3cc(C(C)(C)C)cc4sc(-c5ccccc5N=Cc5cc6ccccc6c6ccccc56)nc34)cc2)c1. The molecule has 1 aromatic heterocycles. The van der Waals surface area contributed by atoms with E-state index in [2.05, 4.69) is 181 Å². The van der Waals surface area contributed by atoms with E-state index in [1.165, 1.54) is 59.6 Å². The molecule has 8 aromatic rings. The molecule has 0 fully saturated rings. The fourth-order valence-corrected chi connectivity index (χ4v) is 7.97. The third-order valence-corrected chi connectivity index (χ3v) is 10.9. The number of para-hydroxylation sites is 1. The highest BCUT2D eigenvalue weighted by atomic mass is 32.1. The monoisotopic (exact) mass is 678 g/mol. The first-order chi connectivity index (χ1) is 24.5. The van der Waals surface area contributed by atoms with Crippen LogP contribution in [0.15, 0.2) is 145 Å². The summed E-state index contributed by atoms with van der Waals surface area (Å²) in [5.74, 6) is 0. The Kier molecular flexibility index (Phi) is 8.20. The molecule has 0 aliphatic carbocycles. The van der Waals surface area contributed by atoms with Gasteiger partial charge in [-0.1, -0.05) is 151 Å². The van der Waals surface area contributed by atoms with Crippen LogP contribution < -0.4 is 0 Å². The summed E-state index contributed by atoms with van der Waals surface area (Å²) in [7, 11) is 0. The Hall–Kier alpha value is -5.38. The lowest BCUT2D eigenvalue weighted by Crippen LogP contribution is -2.11. The van der Waals surface area contributed by atoms with Gasteiger partial charge in [0.15, 0.2) is 0 Å². The van der Waals surface area contributed by atoms with Gasteiger partial charge in [0.05, 0.1) is 15.9 Å². The maximum absolute atomic E-state index is 5.35.